The second-order valence-electron chi connectivity index (χ2n) is 7.50. The molecule has 0 unspecified atom stereocenters. The van der Waals surface area contributed by atoms with Crippen molar-refractivity contribution in [3.63, 3.8) is 0 Å². The zero-order valence-corrected chi connectivity index (χ0v) is 16.2. The fourth-order valence-electron chi connectivity index (χ4n) is 4.01. The van der Waals surface area contributed by atoms with Crippen LogP contribution < -0.4 is 14.8 Å². The van der Waals surface area contributed by atoms with Crippen molar-refractivity contribution < 1.29 is 14.3 Å². The maximum Gasteiger partial charge on any atom is 0.247 e. The monoisotopic (exact) mass is 378 g/mol. The molecule has 1 aromatic heterocycles. The number of ether oxygens (including phenoxy) is 2. The summed E-state index contributed by atoms with van der Waals surface area (Å²) in [5.74, 6) is 1.79. The van der Waals surface area contributed by atoms with Crippen molar-refractivity contribution in [1.29, 1.82) is 0 Å². The highest BCUT2D eigenvalue weighted by atomic mass is 16.5. The Balaban J connectivity index is 1.56. The summed E-state index contributed by atoms with van der Waals surface area (Å²) in [6, 6.07) is 9.95. The molecule has 0 spiro atoms. The van der Waals surface area contributed by atoms with Crippen LogP contribution in [0, 0.1) is 0 Å². The number of rotatable bonds is 5. The minimum atomic E-state index is 0.00371. The van der Waals surface area contributed by atoms with Crippen LogP contribution in [0.3, 0.4) is 0 Å². The molecule has 28 heavy (non-hydrogen) atoms. The van der Waals surface area contributed by atoms with E-state index in [0.29, 0.717) is 13.0 Å². The summed E-state index contributed by atoms with van der Waals surface area (Å²) in [6.07, 6.45) is 11.1. The molecule has 1 aliphatic carbocycles. The molecule has 0 radical (unpaired) electrons. The van der Waals surface area contributed by atoms with E-state index in [-0.39, 0.29) is 17.9 Å². The number of benzene rings is 1. The number of piperidine rings is 1. The Morgan fingerprint density at radius 2 is 1.89 bits per heavy atom. The number of carbonyl (C=O) groups is 1. The summed E-state index contributed by atoms with van der Waals surface area (Å²) in [6.45, 7) is 0.627. The van der Waals surface area contributed by atoms with Crippen molar-refractivity contribution in [1.82, 2.24) is 10.3 Å². The van der Waals surface area contributed by atoms with Gasteiger partial charge in [0.25, 0.3) is 0 Å². The number of methoxy groups -OCH3 is 1. The Morgan fingerprint density at radius 3 is 2.64 bits per heavy atom. The molecule has 1 aliphatic heterocycles. The highest BCUT2D eigenvalue weighted by Gasteiger charge is 2.26. The average Bonchev–Trinajstić information content (AvgIpc) is 3.23. The molecule has 2 aliphatic rings. The smallest absolute Gasteiger partial charge is 0.247 e. The van der Waals surface area contributed by atoms with Crippen molar-refractivity contribution in [3.05, 3.63) is 59.4 Å². The normalized spacial score (nSPS) is 21.5. The van der Waals surface area contributed by atoms with E-state index >= 15 is 0 Å². The summed E-state index contributed by atoms with van der Waals surface area (Å²) in [7, 11) is 1.67. The maximum absolute atomic E-state index is 12.3. The third-order valence-corrected chi connectivity index (χ3v) is 5.57. The van der Waals surface area contributed by atoms with E-state index in [1.165, 1.54) is 12.8 Å². The van der Waals surface area contributed by atoms with Gasteiger partial charge in [-0.15, -0.1) is 0 Å². The van der Waals surface area contributed by atoms with E-state index < -0.39 is 0 Å². The molecule has 5 heteroatoms. The number of nitrogens with one attached hydrogen (secondary N) is 1. The van der Waals surface area contributed by atoms with Gasteiger partial charge in [-0.1, -0.05) is 6.07 Å². The first kappa shape index (κ1) is 18.5. The standard InChI is InChI=1S/C23H26N2O3/c1-27-21-7-6-17(14-22(21)28-20-4-2-3-5-20)19-13-18(23(26)25-15-19)12-16-8-10-24-11-9-16/h6-12,14,19-20H,2-5,13,15H2,1H3,(H,25,26)/b18-12+/t19-/m1/s1. The van der Waals surface area contributed by atoms with Crippen LogP contribution in [-0.2, 0) is 4.79 Å². The fourth-order valence-corrected chi connectivity index (χ4v) is 4.01. The van der Waals surface area contributed by atoms with Crippen LogP contribution in [-0.4, -0.2) is 30.6 Å². The summed E-state index contributed by atoms with van der Waals surface area (Å²) in [4.78, 5) is 16.4. The Bertz CT molecular complexity index is 857. The number of pyridine rings is 1. The SMILES string of the molecule is COc1ccc([C@H]2CNC(=O)/C(=C/c3ccncc3)C2)cc1OC1CCCC1. The lowest BCUT2D eigenvalue weighted by atomic mass is 9.87. The van der Waals surface area contributed by atoms with Crippen LogP contribution in [0.5, 0.6) is 11.5 Å². The first-order valence-electron chi connectivity index (χ1n) is 9.96. The van der Waals surface area contributed by atoms with E-state index in [2.05, 4.69) is 22.4 Å². The van der Waals surface area contributed by atoms with E-state index in [0.717, 1.165) is 41.0 Å². The van der Waals surface area contributed by atoms with Gasteiger partial charge in [0.2, 0.25) is 5.91 Å². The molecule has 2 fully saturated rings. The Kier molecular flexibility index (Phi) is 5.60. The van der Waals surface area contributed by atoms with Crippen molar-refractivity contribution >= 4 is 12.0 Å². The molecule has 146 valence electrons. The van der Waals surface area contributed by atoms with Gasteiger partial charge in [0.05, 0.1) is 13.2 Å². The van der Waals surface area contributed by atoms with Gasteiger partial charge < -0.3 is 14.8 Å². The maximum atomic E-state index is 12.3. The van der Waals surface area contributed by atoms with Gasteiger partial charge in [0, 0.05) is 30.4 Å². The summed E-state index contributed by atoms with van der Waals surface area (Å²) < 4.78 is 11.7. The van der Waals surface area contributed by atoms with Crippen molar-refractivity contribution in [2.45, 2.75) is 44.1 Å². The molecular weight excluding hydrogens is 352 g/mol. The van der Waals surface area contributed by atoms with E-state index in [1.54, 1.807) is 19.5 Å². The van der Waals surface area contributed by atoms with Gasteiger partial charge in [-0.2, -0.15) is 0 Å². The van der Waals surface area contributed by atoms with Crippen molar-refractivity contribution in [2.75, 3.05) is 13.7 Å². The molecule has 0 bridgehead atoms. The predicted molar refractivity (Wildman–Crippen MR) is 108 cm³/mol. The predicted octanol–water partition coefficient (Wildman–Crippen LogP) is 4.10. The van der Waals surface area contributed by atoms with E-state index in [4.69, 9.17) is 9.47 Å². The topological polar surface area (TPSA) is 60.5 Å². The Morgan fingerprint density at radius 1 is 1.11 bits per heavy atom. The van der Waals surface area contributed by atoms with Crippen LogP contribution in [0.25, 0.3) is 6.08 Å². The minimum Gasteiger partial charge on any atom is -0.493 e. The van der Waals surface area contributed by atoms with Gasteiger partial charge >= 0.3 is 0 Å². The number of aromatic nitrogens is 1. The minimum absolute atomic E-state index is 0.00371. The molecule has 1 aromatic carbocycles. The van der Waals surface area contributed by atoms with Crippen LogP contribution in [0.15, 0.2) is 48.3 Å². The number of nitrogens with zero attached hydrogens (tertiary/aromatic N) is 1. The zero-order valence-electron chi connectivity index (χ0n) is 16.2. The summed E-state index contributed by atoms with van der Waals surface area (Å²) in [5, 5.41) is 3.03. The average molecular weight is 378 g/mol. The van der Waals surface area contributed by atoms with Crippen molar-refractivity contribution in [2.24, 2.45) is 0 Å². The number of hydrogen-bond donors (Lipinski definition) is 1. The van der Waals surface area contributed by atoms with Gasteiger partial charge in [-0.25, -0.2) is 0 Å². The lowest BCUT2D eigenvalue weighted by Gasteiger charge is -2.26. The largest absolute Gasteiger partial charge is 0.493 e. The second kappa shape index (κ2) is 8.46. The van der Waals surface area contributed by atoms with Crippen LogP contribution >= 0.6 is 0 Å². The molecule has 4 rings (SSSR count). The van der Waals surface area contributed by atoms with Gasteiger partial charge in [-0.05, 0) is 73.6 Å². The van der Waals surface area contributed by atoms with E-state index in [9.17, 15) is 4.79 Å². The summed E-state index contributed by atoms with van der Waals surface area (Å²) in [5.41, 5.74) is 2.94. The lowest BCUT2D eigenvalue weighted by Crippen LogP contribution is -2.35. The number of amides is 1. The molecular formula is C23H26N2O3. The number of hydrogen-bond acceptors (Lipinski definition) is 4. The van der Waals surface area contributed by atoms with E-state index in [1.807, 2.05) is 24.3 Å². The highest BCUT2D eigenvalue weighted by molar-refractivity contribution is 5.98. The molecule has 1 amide bonds. The number of carbonyl (C=O) groups excluding carboxylic acids is 1. The van der Waals surface area contributed by atoms with Gasteiger partial charge in [0.1, 0.15) is 0 Å². The van der Waals surface area contributed by atoms with Gasteiger partial charge in [-0.3, -0.25) is 9.78 Å². The molecule has 5 nitrogen and oxygen atoms in total. The third-order valence-electron chi connectivity index (χ3n) is 5.57. The van der Waals surface area contributed by atoms with Crippen LogP contribution in [0.1, 0.15) is 49.1 Å². The highest BCUT2D eigenvalue weighted by Crippen LogP contribution is 2.36. The molecule has 1 N–H and O–H groups in total. The molecule has 2 heterocycles. The third kappa shape index (κ3) is 4.19. The first-order valence-corrected chi connectivity index (χ1v) is 9.96. The molecule has 1 saturated carbocycles. The first-order chi connectivity index (χ1) is 13.7. The molecule has 1 saturated heterocycles. The Labute approximate surface area is 165 Å². The fraction of sp³-hybridized carbons (Fsp3) is 0.391. The lowest BCUT2D eigenvalue weighted by molar-refractivity contribution is -0.118. The van der Waals surface area contributed by atoms with Crippen molar-refractivity contribution in [3.8, 4) is 11.5 Å². The van der Waals surface area contributed by atoms with Crippen LogP contribution in [0.4, 0.5) is 0 Å². The summed E-state index contributed by atoms with van der Waals surface area (Å²) >= 11 is 0. The molecule has 1 atom stereocenters. The van der Waals surface area contributed by atoms with Crippen LogP contribution in [0.2, 0.25) is 0 Å². The second-order valence-corrected chi connectivity index (χ2v) is 7.50. The molecule has 2 aromatic rings. The quantitative estimate of drug-likeness (QED) is 0.796. The van der Waals surface area contributed by atoms with Gasteiger partial charge in [0.15, 0.2) is 11.5 Å². The Hall–Kier alpha value is -2.82. The zero-order chi connectivity index (χ0) is 19.3.